The van der Waals surface area contributed by atoms with Crippen molar-refractivity contribution in [2.75, 3.05) is 26.4 Å². The number of ether oxygens (including phenoxy) is 3. The number of aliphatic hydroxyl groups is 7. The number of para-hydroxylation sites is 2. The van der Waals surface area contributed by atoms with Crippen LogP contribution in [-0.2, 0) is 14.2 Å². The predicted octanol–water partition coefficient (Wildman–Crippen LogP) is 0.132. The van der Waals surface area contributed by atoms with Crippen molar-refractivity contribution in [2.45, 2.75) is 61.3 Å². The molecule has 5 heterocycles. The molecule has 3 aliphatic rings. The van der Waals surface area contributed by atoms with Crippen LogP contribution in [0.15, 0.2) is 53.6 Å². The van der Waals surface area contributed by atoms with Crippen molar-refractivity contribution in [3.63, 3.8) is 0 Å². The second kappa shape index (κ2) is 13.1. The van der Waals surface area contributed by atoms with E-state index in [1.165, 1.54) is 0 Å². The standard InChI is InChI=1S/C34H34N6O12/c35-38-37-24-28(45)26(43)18(12-42)52-34(24)50-10-9-39-31(48)21-19-13-5-1-3-7-15(13)36-23(19)25-20(22(21)32(39)49)14-6-2-4-8-16(14)40(25)33-30(47)29(46)27(44)17(11-41)51-33/h1-8,17-18,24,26-30,33-34,36,41-47H,9-12H2/t17-,18-,24-,26+,27-,28-,29+,30-,33-,34+/m1/s1. The molecule has 3 aromatic carbocycles. The van der Waals surface area contributed by atoms with E-state index in [0.29, 0.717) is 43.6 Å². The number of hydrogen-bond donors (Lipinski definition) is 8. The smallest absolute Gasteiger partial charge is 0.262 e. The molecule has 0 unspecified atom stereocenters. The number of H-pyrrole nitrogens is 1. The molecule has 3 aliphatic heterocycles. The fourth-order valence-corrected chi connectivity index (χ4v) is 7.79. The van der Waals surface area contributed by atoms with E-state index in [1.807, 2.05) is 0 Å². The molecule has 0 saturated carbocycles. The average Bonchev–Trinajstić information content (AvgIpc) is 3.78. The molecule has 8 N–H and O–H groups in total. The van der Waals surface area contributed by atoms with Gasteiger partial charge in [-0.15, -0.1) is 0 Å². The maximum atomic E-state index is 14.5. The van der Waals surface area contributed by atoms with Crippen molar-refractivity contribution in [1.82, 2.24) is 14.5 Å². The van der Waals surface area contributed by atoms with Crippen LogP contribution < -0.4 is 0 Å². The number of hydrogen-bond acceptors (Lipinski definition) is 13. The number of aliphatic hydroxyl groups excluding tert-OH is 7. The van der Waals surface area contributed by atoms with Crippen molar-refractivity contribution in [3.05, 3.63) is 70.1 Å². The molecule has 0 bridgehead atoms. The number of benzene rings is 3. The van der Waals surface area contributed by atoms with Crippen molar-refractivity contribution in [1.29, 1.82) is 0 Å². The fourth-order valence-electron chi connectivity index (χ4n) is 7.79. The second-order valence-electron chi connectivity index (χ2n) is 13.0. The van der Waals surface area contributed by atoms with Gasteiger partial charge < -0.3 is 59.5 Å². The van der Waals surface area contributed by atoms with Gasteiger partial charge in [-0.3, -0.25) is 14.5 Å². The monoisotopic (exact) mass is 718 g/mol. The van der Waals surface area contributed by atoms with Crippen molar-refractivity contribution in [2.24, 2.45) is 5.11 Å². The zero-order valence-corrected chi connectivity index (χ0v) is 27.1. The minimum Gasteiger partial charge on any atom is -0.394 e. The van der Waals surface area contributed by atoms with Crippen LogP contribution >= 0.6 is 0 Å². The summed E-state index contributed by atoms with van der Waals surface area (Å²) in [6.45, 7) is -1.99. The Morgan fingerprint density at radius 2 is 1.44 bits per heavy atom. The number of nitrogens with zero attached hydrogens (tertiary/aromatic N) is 5. The lowest BCUT2D eigenvalue weighted by Crippen LogP contribution is -2.58. The molecule has 18 heteroatoms. The fraction of sp³-hybridized carbons (Fsp3) is 0.412. The van der Waals surface area contributed by atoms with Crippen LogP contribution in [0.1, 0.15) is 26.9 Å². The summed E-state index contributed by atoms with van der Waals surface area (Å²) in [6, 6.07) is 12.7. The molecule has 2 amide bonds. The van der Waals surface area contributed by atoms with Gasteiger partial charge in [0.05, 0.1) is 60.1 Å². The zero-order chi connectivity index (χ0) is 36.6. The third-order valence-electron chi connectivity index (χ3n) is 10.3. The first-order valence-corrected chi connectivity index (χ1v) is 16.6. The van der Waals surface area contributed by atoms with E-state index in [2.05, 4.69) is 15.0 Å². The summed E-state index contributed by atoms with van der Waals surface area (Å²) in [4.78, 5) is 35.9. The third-order valence-corrected chi connectivity index (χ3v) is 10.3. The van der Waals surface area contributed by atoms with E-state index in [-0.39, 0.29) is 24.3 Å². The number of amides is 2. The van der Waals surface area contributed by atoms with Crippen LogP contribution in [0.3, 0.4) is 0 Å². The van der Waals surface area contributed by atoms with E-state index in [9.17, 15) is 45.3 Å². The summed E-state index contributed by atoms with van der Waals surface area (Å²) in [7, 11) is 0. The lowest BCUT2D eigenvalue weighted by Gasteiger charge is -2.41. The Bertz CT molecular complexity index is 2280. The first kappa shape index (κ1) is 34.4. The molecule has 2 aromatic heterocycles. The van der Waals surface area contributed by atoms with E-state index in [1.54, 1.807) is 53.1 Å². The number of imide groups is 1. The minimum atomic E-state index is -1.69. The number of azide groups is 1. The zero-order valence-electron chi connectivity index (χ0n) is 27.1. The van der Waals surface area contributed by atoms with Crippen molar-refractivity contribution >= 4 is 55.4 Å². The number of fused-ring (bicyclic) bond motifs is 10. The quantitative estimate of drug-likeness (QED) is 0.0460. The molecular weight excluding hydrogens is 684 g/mol. The SMILES string of the molecule is [N-]=[N+]=N[C@H]1[C@@H](OCCN2C(=O)c3c(c4c5ccccc5n([C@@H]5O[C@H](CO)[C@@H](O)[C@H](O)[C@H]5O)c4c4[nH]c5ccccc5c34)C2=O)O[C@H](CO)[C@H](O)[C@@H]1O. The maximum Gasteiger partial charge on any atom is 0.262 e. The van der Waals surface area contributed by atoms with Gasteiger partial charge in [-0.25, -0.2) is 0 Å². The Balaban J connectivity index is 1.27. The summed E-state index contributed by atoms with van der Waals surface area (Å²) in [5.74, 6) is -1.30. The van der Waals surface area contributed by atoms with Gasteiger partial charge in [0.25, 0.3) is 11.8 Å². The molecule has 2 fully saturated rings. The molecule has 52 heavy (non-hydrogen) atoms. The maximum absolute atomic E-state index is 14.5. The lowest BCUT2D eigenvalue weighted by atomic mass is 9.96. The number of aromatic amines is 1. The van der Waals surface area contributed by atoms with Crippen LogP contribution in [0.2, 0.25) is 0 Å². The molecule has 18 nitrogen and oxygen atoms in total. The molecular formula is C34H34N6O12. The summed E-state index contributed by atoms with van der Waals surface area (Å²) in [6.07, 6.45) is -13.4. The minimum absolute atomic E-state index is 0.0663. The van der Waals surface area contributed by atoms with Crippen LogP contribution in [0, 0.1) is 0 Å². The molecule has 272 valence electrons. The van der Waals surface area contributed by atoms with Crippen molar-refractivity contribution in [3.8, 4) is 0 Å². The topological polar surface area (TPSA) is 276 Å². The van der Waals surface area contributed by atoms with Crippen LogP contribution in [-0.4, -0.2) is 143 Å². The summed E-state index contributed by atoms with van der Waals surface area (Å²) in [5.41, 5.74) is 11.1. The Hall–Kier alpha value is -4.69. The first-order chi connectivity index (χ1) is 25.1. The van der Waals surface area contributed by atoms with E-state index in [4.69, 9.17) is 19.7 Å². The van der Waals surface area contributed by atoms with Gasteiger partial charge in [0.2, 0.25) is 0 Å². The molecule has 5 aromatic rings. The Morgan fingerprint density at radius 1 is 0.808 bits per heavy atom. The van der Waals surface area contributed by atoms with Crippen LogP contribution in [0.4, 0.5) is 0 Å². The van der Waals surface area contributed by atoms with Gasteiger partial charge in [-0.2, -0.15) is 0 Å². The third kappa shape index (κ3) is 4.93. The summed E-state index contributed by atoms with van der Waals surface area (Å²) >= 11 is 0. The van der Waals surface area contributed by atoms with Gasteiger partial charge in [0.15, 0.2) is 12.5 Å². The summed E-state index contributed by atoms with van der Waals surface area (Å²) in [5, 5.41) is 78.4. The average molecular weight is 719 g/mol. The largest absolute Gasteiger partial charge is 0.394 e. The highest BCUT2D eigenvalue weighted by molar-refractivity contribution is 6.39. The number of rotatable bonds is 8. The number of carbonyl (C=O) groups excluding carboxylic acids is 2. The normalized spacial score (nSPS) is 30.9. The van der Waals surface area contributed by atoms with Gasteiger partial charge in [-0.05, 0) is 17.7 Å². The molecule has 0 spiro atoms. The highest BCUT2D eigenvalue weighted by atomic mass is 16.7. The van der Waals surface area contributed by atoms with Gasteiger partial charge in [-0.1, -0.05) is 41.5 Å². The Kier molecular flexibility index (Phi) is 8.64. The lowest BCUT2D eigenvalue weighted by molar-refractivity contribution is -0.265. The number of carbonyl (C=O) groups is 2. The van der Waals surface area contributed by atoms with Crippen LogP contribution in [0.5, 0.6) is 0 Å². The van der Waals surface area contributed by atoms with Crippen LogP contribution in [0.25, 0.3) is 54.1 Å². The van der Waals surface area contributed by atoms with Gasteiger partial charge >= 0.3 is 0 Å². The van der Waals surface area contributed by atoms with Gasteiger partial charge in [0, 0.05) is 32.0 Å². The summed E-state index contributed by atoms with van der Waals surface area (Å²) < 4.78 is 18.9. The first-order valence-electron chi connectivity index (χ1n) is 16.6. The molecule has 0 aliphatic carbocycles. The predicted molar refractivity (Wildman–Crippen MR) is 180 cm³/mol. The molecule has 10 atom stereocenters. The van der Waals surface area contributed by atoms with Crippen molar-refractivity contribution < 1.29 is 59.5 Å². The number of nitrogens with one attached hydrogen (secondary N) is 1. The molecule has 8 rings (SSSR count). The van der Waals surface area contributed by atoms with E-state index < -0.39 is 86.3 Å². The molecule has 0 radical (unpaired) electrons. The van der Waals surface area contributed by atoms with E-state index in [0.717, 1.165) is 4.90 Å². The second-order valence-corrected chi connectivity index (χ2v) is 13.0. The highest BCUT2D eigenvalue weighted by Gasteiger charge is 2.48. The Morgan fingerprint density at radius 3 is 2.15 bits per heavy atom. The number of aromatic nitrogens is 2. The van der Waals surface area contributed by atoms with Gasteiger partial charge in [0.1, 0.15) is 42.7 Å². The molecule has 2 saturated heterocycles. The van der Waals surface area contributed by atoms with E-state index >= 15 is 0 Å². The highest BCUT2D eigenvalue weighted by Crippen LogP contribution is 2.47. The Labute approximate surface area is 292 Å².